The molecule has 98 valence electrons. The fourth-order valence-corrected chi connectivity index (χ4v) is 3.38. The molecule has 4 nitrogen and oxygen atoms in total. The van der Waals surface area contributed by atoms with Gasteiger partial charge in [-0.25, -0.2) is 0 Å². The molecule has 1 aliphatic carbocycles. The molecule has 18 heavy (non-hydrogen) atoms. The fraction of sp³-hybridized carbons (Fsp3) is 0.643. The molecular formula is C14H20N2O2. The Bertz CT molecular complexity index is 393. The number of aliphatic hydroxyl groups is 1. The number of likely N-dealkylation sites (tertiary alicyclic amines) is 1. The third-order valence-corrected chi connectivity index (χ3v) is 4.30. The van der Waals surface area contributed by atoms with Gasteiger partial charge in [0, 0.05) is 31.7 Å². The van der Waals surface area contributed by atoms with Gasteiger partial charge in [0.1, 0.15) is 5.75 Å². The van der Waals surface area contributed by atoms with Crippen molar-refractivity contribution >= 4 is 0 Å². The normalized spacial score (nSPS) is 31.7. The van der Waals surface area contributed by atoms with Crippen LogP contribution < -0.4 is 0 Å². The Kier molecular flexibility index (Phi) is 3.22. The zero-order valence-electron chi connectivity index (χ0n) is 10.5. The van der Waals surface area contributed by atoms with Gasteiger partial charge in [-0.2, -0.15) is 0 Å². The summed E-state index contributed by atoms with van der Waals surface area (Å²) in [5.41, 5.74) is 1.03. The molecule has 2 aliphatic rings. The predicted molar refractivity (Wildman–Crippen MR) is 68.3 cm³/mol. The van der Waals surface area contributed by atoms with E-state index in [0.717, 1.165) is 44.6 Å². The van der Waals surface area contributed by atoms with Gasteiger partial charge in [-0.15, -0.1) is 0 Å². The van der Waals surface area contributed by atoms with Crippen molar-refractivity contribution < 1.29 is 10.2 Å². The van der Waals surface area contributed by atoms with Crippen molar-refractivity contribution in [3.63, 3.8) is 0 Å². The standard InChI is InChI=1S/C14H20N2O2/c17-13-2-1-12(15-7-13)3-4-16-8-10-5-14(18)6-11(10)9-16/h1-2,7,10-11,14,17-18H,3-6,8-9H2/t10-,11+,14?. The first-order valence-corrected chi connectivity index (χ1v) is 6.75. The summed E-state index contributed by atoms with van der Waals surface area (Å²) in [6, 6.07) is 3.58. The lowest BCUT2D eigenvalue weighted by Gasteiger charge is -2.17. The second-order valence-corrected chi connectivity index (χ2v) is 5.66. The number of fused-ring (bicyclic) bond motifs is 1. The highest BCUT2D eigenvalue weighted by atomic mass is 16.3. The average molecular weight is 248 g/mol. The molecule has 2 heterocycles. The highest BCUT2D eigenvalue weighted by molar-refractivity contribution is 5.18. The van der Waals surface area contributed by atoms with Crippen LogP contribution in [0.2, 0.25) is 0 Å². The Labute approximate surface area is 107 Å². The second-order valence-electron chi connectivity index (χ2n) is 5.66. The van der Waals surface area contributed by atoms with Crippen LogP contribution in [0, 0.1) is 11.8 Å². The molecule has 0 radical (unpaired) electrons. The maximum Gasteiger partial charge on any atom is 0.133 e. The van der Waals surface area contributed by atoms with E-state index in [-0.39, 0.29) is 11.9 Å². The smallest absolute Gasteiger partial charge is 0.133 e. The lowest BCUT2D eigenvalue weighted by Crippen LogP contribution is -2.25. The van der Waals surface area contributed by atoms with Gasteiger partial charge in [-0.05, 0) is 36.8 Å². The summed E-state index contributed by atoms with van der Waals surface area (Å²) >= 11 is 0. The monoisotopic (exact) mass is 248 g/mol. The van der Waals surface area contributed by atoms with Crippen molar-refractivity contribution in [1.82, 2.24) is 9.88 Å². The van der Waals surface area contributed by atoms with Crippen molar-refractivity contribution in [2.24, 2.45) is 11.8 Å². The Hall–Kier alpha value is -1.13. The molecule has 2 fully saturated rings. The molecule has 4 heteroatoms. The van der Waals surface area contributed by atoms with Gasteiger partial charge >= 0.3 is 0 Å². The largest absolute Gasteiger partial charge is 0.506 e. The first-order chi connectivity index (χ1) is 8.70. The number of aliphatic hydroxyl groups excluding tert-OH is 1. The second kappa shape index (κ2) is 4.86. The van der Waals surface area contributed by atoms with E-state index >= 15 is 0 Å². The average Bonchev–Trinajstić information content (AvgIpc) is 2.85. The van der Waals surface area contributed by atoms with Crippen molar-refractivity contribution in [2.75, 3.05) is 19.6 Å². The minimum Gasteiger partial charge on any atom is -0.506 e. The van der Waals surface area contributed by atoms with Crippen LogP contribution in [0.4, 0.5) is 0 Å². The molecular weight excluding hydrogens is 228 g/mol. The molecule has 1 saturated carbocycles. The summed E-state index contributed by atoms with van der Waals surface area (Å²) in [6.45, 7) is 3.28. The molecule has 1 saturated heterocycles. The molecule has 0 aromatic carbocycles. The van der Waals surface area contributed by atoms with E-state index in [1.54, 1.807) is 6.07 Å². The number of aromatic nitrogens is 1. The van der Waals surface area contributed by atoms with Gasteiger partial charge in [0.2, 0.25) is 0 Å². The van der Waals surface area contributed by atoms with Gasteiger partial charge in [-0.3, -0.25) is 4.98 Å². The van der Waals surface area contributed by atoms with E-state index in [9.17, 15) is 10.2 Å². The van der Waals surface area contributed by atoms with Gasteiger partial charge in [0.15, 0.2) is 0 Å². The van der Waals surface area contributed by atoms with Crippen molar-refractivity contribution in [3.8, 4) is 5.75 Å². The Morgan fingerprint density at radius 3 is 2.56 bits per heavy atom. The van der Waals surface area contributed by atoms with Crippen LogP contribution >= 0.6 is 0 Å². The zero-order valence-corrected chi connectivity index (χ0v) is 10.5. The fourth-order valence-electron chi connectivity index (χ4n) is 3.38. The Morgan fingerprint density at radius 2 is 1.94 bits per heavy atom. The third kappa shape index (κ3) is 2.49. The van der Waals surface area contributed by atoms with E-state index in [0.29, 0.717) is 11.8 Å². The van der Waals surface area contributed by atoms with Crippen LogP contribution in [-0.2, 0) is 6.42 Å². The highest BCUT2D eigenvalue weighted by Gasteiger charge is 2.39. The van der Waals surface area contributed by atoms with E-state index in [2.05, 4.69) is 9.88 Å². The summed E-state index contributed by atoms with van der Waals surface area (Å²) < 4.78 is 0. The predicted octanol–water partition coefficient (Wildman–Crippen LogP) is 1.03. The first-order valence-electron chi connectivity index (χ1n) is 6.75. The molecule has 3 atom stereocenters. The van der Waals surface area contributed by atoms with Crippen molar-refractivity contribution in [1.29, 1.82) is 0 Å². The lowest BCUT2D eigenvalue weighted by molar-refractivity contribution is 0.162. The molecule has 1 unspecified atom stereocenters. The molecule has 3 rings (SSSR count). The molecule has 1 aliphatic heterocycles. The highest BCUT2D eigenvalue weighted by Crippen LogP contribution is 2.37. The van der Waals surface area contributed by atoms with Crippen LogP contribution in [0.3, 0.4) is 0 Å². The van der Waals surface area contributed by atoms with Crippen LogP contribution in [0.1, 0.15) is 18.5 Å². The summed E-state index contributed by atoms with van der Waals surface area (Å²) in [5.74, 6) is 1.63. The van der Waals surface area contributed by atoms with Crippen LogP contribution in [0.25, 0.3) is 0 Å². The van der Waals surface area contributed by atoms with Gasteiger partial charge in [0.05, 0.1) is 12.3 Å². The number of hydrogen-bond acceptors (Lipinski definition) is 4. The summed E-state index contributed by atoms with van der Waals surface area (Å²) in [7, 11) is 0. The lowest BCUT2D eigenvalue weighted by atomic mass is 10.0. The maximum absolute atomic E-state index is 9.60. The Balaban J connectivity index is 1.49. The summed E-state index contributed by atoms with van der Waals surface area (Å²) in [4.78, 5) is 6.69. The Morgan fingerprint density at radius 1 is 1.22 bits per heavy atom. The van der Waals surface area contributed by atoms with E-state index in [1.165, 1.54) is 6.20 Å². The number of aromatic hydroxyl groups is 1. The SMILES string of the molecule is Oc1ccc(CCN2C[C@H]3CC(O)C[C@H]3C2)nc1. The number of rotatable bonds is 3. The molecule has 0 bridgehead atoms. The van der Waals surface area contributed by atoms with Crippen LogP contribution in [0.15, 0.2) is 18.3 Å². The number of pyridine rings is 1. The van der Waals surface area contributed by atoms with E-state index in [4.69, 9.17) is 0 Å². The van der Waals surface area contributed by atoms with Gasteiger partial charge < -0.3 is 15.1 Å². The maximum atomic E-state index is 9.60. The van der Waals surface area contributed by atoms with Gasteiger partial charge in [0.25, 0.3) is 0 Å². The van der Waals surface area contributed by atoms with Crippen molar-refractivity contribution in [2.45, 2.75) is 25.4 Å². The molecule has 0 spiro atoms. The van der Waals surface area contributed by atoms with Crippen LogP contribution in [0.5, 0.6) is 5.75 Å². The number of hydrogen-bond donors (Lipinski definition) is 2. The third-order valence-electron chi connectivity index (χ3n) is 4.30. The quantitative estimate of drug-likeness (QED) is 0.839. The van der Waals surface area contributed by atoms with Crippen molar-refractivity contribution in [3.05, 3.63) is 24.0 Å². The molecule has 0 amide bonds. The van der Waals surface area contributed by atoms with E-state index < -0.39 is 0 Å². The van der Waals surface area contributed by atoms with Crippen LogP contribution in [-0.4, -0.2) is 45.8 Å². The first kappa shape index (κ1) is 11.9. The molecule has 1 aromatic heterocycles. The summed E-state index contributed by atoms with van der Waals surface area (Å²) in [5, 5.41) is 18.8. The minimum absolute atomic E-state index is 0.0547. The minimum atomic E-state index is -0.0547. The molecule has 2 N–H and O–H groups in total. The summed E-state index contributed by atoms with van der Waals surface area (Å²) in [6.07, 6.45) is 4.35. The molecule has 1 aromatic rings. The van der Waals surface area contributed by atoms with E-state index in [1.807, 2.05) is 6.07 Å². The van der Waals surface area contributed by atoms with Gasteiger partial charge in [-0.1, -0.05) is 0 Å². The zero-order chi connectivity index (χ0) is 12.5. The topological polar surface area (TPSA) is 56.6 Å². The number of nitrogens with zero attached hydrogens (tertiary/aromatic N) is 2.